The first-order valence-corrected chi connectivity index (χ1v) is 13.1. The Hall–Kier alpha value is -3.24. The van der Waals surface area contributed by atoms with E-state index in [1.54, 1.807) is 4.90 Å². The second-order valence-corrected chi connectivity index (χ2v) is 10.8. The van der Waals surface area contributed by atoms with E-state index in [1.807, 2.05) is 24.3 Å². The zero-order valence-electron chi connectivity index (χ0n) is 21.8. The minimum Gasteiger partial charge on any atom is -0.381 e. The third-order valence-corrected chi connectivity index (χ3v) is 7.33. The van der Waals surface area contributed by atoms with Crippen LogP contribution in [0.2, 0.25) is 0 Å². The molecule has 10 heteroatoms. The van der Waals surface area contributed by atoms with Crippen LogP contribution in [0, 0.1) is 0 Å². The number of rotatable bonds is 5. The Bertz CT molecular complexity index is 1160. The molecule has 0 unspecified atom stereocenters. The zero-order valence-corrected chi connectivity index (χ0v) is 21.8. The van der Waals surface area contributed by atoms with Crippen molar-refractivity contribution >= 4 is 23.4 Å². The molecule has 10 nitrogen and oxygen atoms in total. The van der Waals surface area contributed by atoms with Crippen LogP contribution in [0.3, 0.4) is 0 Å². The molecule has 1 aliphatic carbocycles. The molecule has 1 aromatic heterocycles. The summed E-state index contributed by atoms with van der Waals surface area (Å²) < 4.78 is 5.65. The third kappa shape index (κ3) is 5.55. The lowest BCUT2D eigenvalue weighted by Crippen LogP contribution is -2.48. The molecule has 0 spiro atoms. The Balaban J connectivity index is 1.43. The van der Waals surface area contributed by atoms with Crippen molar-refractivity contribution in [2.45, 2.75) is 70.7 Å². The number of benzene rings is 1. The van der Waals surface area contributed by atoms with Crippen LogP contribution >= 0.6 is 0 Å². The molecule has 5 rings (SSSR count). The molecule has 0 bridgehead atoms. The van der Waals surface area contributed by atoms with Gasteiger partial charge in [0.25, 0.3) is 5.91 Å². The smallest absolute Gasteiger partial charge is 0.319 e. The van der Waals surface area contributed by atoms with Gasteiger partial charge in [-0.15, -0.1) is 0 Å². The number of carbonyl (C=O) groups is 2. The number of fused-ring (bicyclic) bond motifs is 1. The lowest BCUT2D eigenvalue weighted by atomic mass is 9.93. The molecule has 3 amide bonds. The normalized spacial score (nSPS) is 20.2. The summed E-state index contributed by atoms with van der Waals surface area (Å²) in [6.07, 6.45) is 3.85. The molecule has 1 saturated heterocycles. The number of hydrogen-bond acceptors (Lipinski definition) is 7. The van der Waals surface area contributed by atoms with Gasteiger partial charge in [0.05, 0.1) is 31.5 Å². The number of hydrogen-bond donors (Lipinski definition) is 3. The van der Waals surface area contributed by atoms with Crippen molar-refractivity contribution in [2.75, 3.05) is 36.5 Å². The van der Waals surface area contributed by atoms with E-state index < -0.39 is 5.60 Å². The highest BCUT2D eigenvalue weighted by Crippen LogP contribution is 2.32. The summed E-state index contributed by atoms with van der Waals surface area (Å²) in [6.45, 7) is 7.96. The average molecular weight is 509 g/mol. The average Bonchev–Trinajstić information content (AvgIpc) is 2.85. The van der Waals surface area contributed by atoms with Crippen molar-refractivity contribution in [1.82, 2.24) is 20.2 Å². The van der Waals surface area contributed by atoms with Crippen molar-refractivity contribution in [3.8, 4) is 11.4 Å². The number of anilines is 2. The van der Waals surface area contributed by atoms with Gasteiger partial charge in [-0.2, -0.15) is 0 Å². The summed E-state index contributed by atoms with van der Waals surface area (Å²) >= 11 is 0. The van der Waals surface area contributed by atoms with E-state index >= 15 is 0 Å². The summed E-state index contributed by atoms with van der Waals surface area (Å²) in [6, 6.07) is 7.73. The Morgan fingerprint density at radius 3 is 2.54 bits per heavy atom. The summed E-state index contributed by atoms with van der Waals surface area (Å²) in [5, 5.41) is 16.2. The molecule has 3 aliphatic rings. The number of carbonyl (C=O) groups excluding carboxylic acids is 2. The predicted molar refractivity (Wildman–Crippen MR) is 140 cm³/mol. The van der Waals surface area contributed by atoms with Gasteiger partial charge in [0.2, 0.25) is 0 Å². The minimum absolute atomic E-state index is 0.164. The molecule has 0 radical (unpaired) electrons. The highest BCUT2D eigenvalue weighted by atomic mass is 16.5. The van der Waals surface area contributed by atoms with Crippen molar-refractivity contribution in [1.29, 1.82) is 0 Å². The first-order valence-electron chi connectivity index (χ1n) is 13.1. The summed E-state index contributed by atoms with van der Waals surface area (Å²) in [5.41, 5.74) is 1.92. The first-order chi connectivity index (χ1) is 17.7. The molecule has 2 aromatic rings. The van der Waals surface area contributed by atoms with E-state index in [-0.39, 0.29) is 24.0 Å². The van der Waals surface area contributed by atoms with E-state index in [0.717, 1.165) is 48.4 Å². The van der Waals surface area contributed by atoms with Crippen molar-refractivity contribution < 1.29 is 19.4 Å². The molecule has 2 aliphatic heterocycles. The Kier molecular flexibility index (Phi) is 7.04. The molecule has 198 valence electrons. The Morgan fingerprint density at radius 2 is 1.89 bits per heavy atom. The fourth-order valence-corrected chi connectivity index (χ4v) is 4.99. The number of urea groups is 1. The number of aromatic nitrogens is 2. The van der Waals surface area contributed by atoms with Gasteiger partial charge >= 0.3 is 6.03 Å². The molecule has 37 heavy (non-hydrogen) atoms. The van der Waals surface area contributed by atoms with E-state index in [2.05, 4.69) is 22.5 Å². The number of morpholine rings is 1. The second kappa shape index (κ2) is 10.3. The molecule has 3 heterocycles. The monoisotopic (exact) mass is 508 g/mol. The lowest BCUT2D eigenvalue weighted by molar-refractivity contribution is -0.148. The number of nitrogens with zero attached hydrogens (tertiary/aromatic N) is 4. The molecule has 1 atom stereocenters. The van der Waals surface area contributed by atoms with Crippen LogP contribution in [-0.4, -0.2) is 75.9 Å². The van der Waals surface area contributed by atoms with E-state index in [9.17, 15) is 14.7 Å². The molecule has 3 N–H and O–H groups in total. The third-order valence-electron chi connectivity index (χ3n) is 7.33. The maximum Gasteiger partial charge on any atom is 0.319 e. The predicted octanol–water partition coefficient (Wildman–Crippen LogP) is 2.70. The first kappa shape index (κ1) is 25.4. The van der Waals surface area contributed by atoms with Crippen LogP contribution in [0.25, 0.3) is 11.4 Å². The standard InChI is InChI=1S/C27H36N6O4/c1-17-16-37-14-13-33(17)24-21-11-12-32(25(34)27(2,3)36)15-22(21)30-23(31-24)18-7-9-20(10-8-18)29-26(35)28-19-5-4-6-19/h7-10,17,19,36H,4-6,11-16H2,1-3H3,(H2,28,29,35)/t17-/m0/s1. The van der Waals surface area contributed by atoms with Gasteiger partial charge in [0, 0.05) is 35.9 Å². The quantitative estimate of drug-likeness (QED) is 0.568. The molecular weight excluding hydrogens is 472 g/mol. The van der Waals surface area contributed by atoms with Gasteiger partial charge in [-0.25, -0.2) is 14.8 Å². The van der Waals surface area contributed by atoms with Crippen LogP contribution in [0.4, 0.5) is 16.3 Å². The van der Waals surface area contributed by atoms with Gasteiger partial charge in [0.1, 0.15) is 11.4 Å². The van der Waals surface area contributed by atoms with Gasteiger partial charge in [-0.05, 0) is 70.7 Å². The maximum absolute atomic E-state index is 12.8. The second-order valence-electron chi connectivity index (χ2n) is 10.8. The summed E-state index contributed by atoms with van der Waals surface area (Å²) in [7, 11) is 0. The van der Waals surface area contributed by atoms with Gasteiger partial charge in [-0.3, -0.25) is 4.79 Å². The topological polar surface area (TPSA) is 120 Å². The van der Waals surface area contributed by atoms with E-state index in [1.165, 1.54) is 13.8 Å². The fraction of sp³-hybridized carbons (Fsp3) is 0.556. The van der Waals surface area contributed by atoms with Crippen molar-refractivity contribution in [3.05, 3.63) is 35.5 Å². The van der Waals surface area contributed by atoms with Crippen LogP contribution < -0.4 is 15.5 Å². The minimum atomic E-state index is -1.44. The zero-order chi connectivity index (χ0) is 26.2. The summed E-state index contributed by atoms with van der Waals surface area (Å²) in [4.78, 5) is 38.8. The van der Waals surface area contributed by atoms with Crippen LogP contribution in [-0.2, 0) is 22.5 Å². The molecular formula is C27H36N6O4. The van der Waals surface area contributed by atoms with E-state index in [0.29, 0.717) is 44.2 Å². The summed E-state index contributed by atoms with van der Waals surface area (Å²) in [5.74, 6) is 1.14. The van der Waals surface area contributed by atoms with Gasteiger partial charge < -0.3 is 30.3 Å². The van der Waals surface area contributed by atoms with Crippen LogP contribution in [0.5, 0.6) is 0 Å². The number of aliphatic hydroxyl groups is 1. The van der Waals surface area contributed by atoms with Gasteiger partial charge in [-0.1, -0.05) is 0 Å². The highest BCUT2D eigenvalue weighted by Gasteiger charge is 2.34. The molecule has 1 saturated carbocycles. The van der Waals surface area contributed by atoms with Crippen LogP contribution in [0.15, 0.2) is 24.3 Å². The van der Waals surface area contributed by atoms with Crippen LogP contribution in [0.1, 0.15) is 51.3 Å². The van der Waals surface area contributed by atoms with Gasteiger partial charge in [0.15, 0.2) is 5.82 Å². The number of amides is 3. The highest BCUT2D eigenvalue weighted by molar-refractivity contribution is 5.89. The fourth-order valence-electron chi connectivity index (χ4n) is 4.99. The number of ether oxygens (including phenoxy) is 1. The van der Waals surface area contributed by atoms with E-state index in [4.69, 9.17) is 14.7 Å². The van der Waals surface area contributed by atoms with Crippen molar-refractivity contribution in [2.24, 2.45) is 0 Å². The SMILES string of the molecule is C[C@H]1COCCN1c1nc(-c2ccc(NC(=O)NC3CCC3)cc2)nc2c1CCN(C(=O)C(C)(C)O)C2. The Morgan fingerprint density at radius 1 is 1.14 bits per heavy atom. The van der Waals surface area contributed by atoms with Crippen molar-refractivity contribution in [3.63, 3.8) is 0 Å². The lowest BCUT2D eigenvalue weighted by Gasteiger charge is -2.38. The molecule has 2 fully saturated rings. The Labute approximate surface area is 217 Å². The maximum atomic E-state index is 12.8. The largest absolute Gasteiger partial charge is 0.381 e. The molecule has 1 aromatic carbocycles. The number of nitrogens with one attached hydrogen (secondary N) is 2.